The Morgan fingerprint density at radius 1 is 0.975 bits per heavy atom. The second-order valence-corrected chi connectivity index (χ2v) is 9.37. The van der Waals surface area contributed by atoms with Gasteiger partial charge in [0, 0.05) is 22.3 Å². The summed E-state index contributed by atoms with van der Waals surface area (Å²) in [7, 11) is 0. The molecule has 11 heteroatoms. The molecule has 1 amide bonds. The summed E-state index contributed by atoms with van der Waals surface area (Å²) in [4.78, 5) is 36.1. The Morgan fingerprint density at radius 2 is 1.70 bits per heavy atom. The Bertz CT molecular complexity index is 1820. The van der Waals surface area contributed by atoms with Crippen LogP contribution in [0.15, 0.2) is 111 Å². The number of halogens is 1. The first-order valence-corrected chi connectivity index (χ1v) is 12.5. The van der Waals surface area contributed by atoms with Crippen LogP contribution >= 0.6 is 11.6 Å². The molecule has 3 aromatic carbocycles. The molecule has 0 saturated heterocycles. The number of rotatable bonds is 5. The molecule has 0 aliphatic carbocycles. The fourth-order valence-corrected chi connectivity index (χ4v) is 4.37. The predicted octanol–water partition coefficient (Wildman–Crippen LogP) is 4.59. The summed E-state index contributed by atoms with van der Waals surface area (Å²) in [5.41, 5.74) is 6.05. The van der Waals surface area contributed by atoms with Crippen LogP contribution in [0.2, 0.25) is 5.02 Å². The minimum absolute atomic E-state index is 0.0443. The molecule has 2 N–H and O–H groups in total. The van der Waals surface area contributed by atoms with Crippen LogP contribution in [0, 0.1) is 6.92 Å². The molecule has 0 atom stereocenters. The zero-order valence-corrected chi connectivity index (χ0v) is 21.7. The summed E-state index contributed by atoms with van der Waals surface area (Å²) >= 11 is 6.01. The van der Waals surface area contributed by atoms with Gasteiger partial charge >= 0.3 is 0 Å². The van der Waals surface area contributed by atoms with E-state index < -0.39 is 11.5 Å². The number of aromatic nitrogens is 2. The number of aliphatic hydroxyl groups is 1. The highest BCUT2D eigenvalue weighted by Gasteiger charge is 2.32. The Balaban J connectivity index is 1.31. The minimum atomic E-state index is -0.420. The molecule has 6 rings (SSSR count). The summed E-state index contributed by atoms with van der Waals surface area (Å²) in [6.45, 7) is 1.67. The van der Waals surface area contributed by atoms with Crippen LogP contribution < -0.4 is 15.9 Å². The number of carbonyl (C=O) groups excluding carboxylic acids is 1. The maximum absolute atomic E-state index is 13.5. The third-order valence-electron chi connectivity index (χ3n) is 6.13. The summed E-state index contributed by atoms with van der Waals surface area (Å²) < 4.78 is 0.995. The number of fused-ring (bicyclic) bond motifs is 1. The van der Waals surface area contributed by atoms with Crippen LogP contribution in [0.3, 0.4) is 0 Å². The van der Waals surface area contributed by atoms with Crippen molar-refractivity contribution in [2.45, 2.75) is 6.92 Å². The number of hydrogen-bond donors (Lipinski definition) is 2. The van der Waals surface area contributed by atoms with Gasteiger partial charge in [0.15, 0.2) is 11.5 Å². The average Bonchev–Trinajstić information content (AvgIpc) is 3.45. The van der Waals surface area contributed by atoms with Crippen LogP contribution in [0.5, 0.6) is 0 Å². The summed E-state index contributed by atoms with van der Waals surface area (Å²) in [6.07, 6.45) is 1.72. The lowest BCUT2D eigenvalue weighted by molar-refractivity contribution is -0.113. The van der Waals surface area contributed by atoms with E-state index in [4.69, 9.17) is 11.6 Å². The van der Waals surface area contributed by atoms with E-state index in [0.29, 0.717) is 39.2 Å². The number of anilines is 2. The number of hydrazone groups is 1. The summed E-state index contributed by atoms with van der Waals surface area (Å²) in [6, 6.07) is 24.9. The van der Waals surface area contributed by atoms with Crippen LogP contribution in [0.25, 0.3) is 6.08 Å². The Hall–Kier alpha value is -5.35. The van der Waals surface area contributed by atoms with E-state index in [9.17, 15) is 14.7 Å². The number of amides is 1. The minimum Gasteiger partial charge on any atom is -0.491 e. The average molecular weight is 550 g/mol. The number of carbonyl (C=O) groups is 1. The molecule has 40 heavy (non-hydrogen) atoms. The first-order valence-electron chi connectivity index (χ1n) is 12.2. The van der Waals surface area contributed by atoms with Gasteiger partial charge in [-0.05, 0) is 67.1 Å². The molecule has 2 aliphatic heterocycles. The number of amidine groups is 1. The van der Waals surface area contributed by atoms with Gasteiger partial charge in [0.2, 0.25) is 0 Å². The molecule has 3 heterocycles. The number of para-hydroxylation sites is 1. The number of benzene rings is 3. The molecule has 2 aliphatic rings. The maximum atomic E-state index is 13.5. The molecule has 10 nitrogen and oxygen atoms in total. The highest BCUT2D eigenvalue weighted by molar-refractivity contribution is 6.45. The molecule has 1 aromatic heterocycles. The zero-order chi connectivity index (χ0) is 27.8. The quantitative estimate of drug-likeness (QED) is 0.278. The molecule has 0 radical (unpaired) electrons. The first-order chi connectivity index (χ1) is 19.4. The fourth-order valence-electron chi connectivity index (χ4n) is 4.24. The molecule has 0 spiro atoms. The van der Waals surface area contributed by atoms with Gasteiger partial charge in [-0.2, -0.15) is 9.78 Å². The van der Waals surface area contributed by atoms with Gasteiger partial charge < -0.3 is 5.11 Å². The molecule has 0 unspecified atom stereocenters. The van der Waals surface area contributed by atoms with Gasteiger partial charge in [-0.25, -0.2) is 9.98 Å². The van der Waals surface area contributed by atoms with E-state index in [0.717, 1.165) is 10.2 Å². The lowest BCUT2D eigenvalue weighted by Crippen LogP contribution is -2.32. The van der Waals surface area contributed by atoms with E-state index in [-0.39, 0.29) is 17.4 Å². The summed E-state index contributed by atoms with van der Waals surface area (Å²) in [5.74, 6) is -0.0547. The molecular formula is C29H20ClN7O3. The standard InChI is InChI=1S/C29H20ClN7O3/c1-17-15-24(38)37-27(31-17)25(28(39)35-37)34-33-21-13-9-19(10-14-21)26-32-23(16-18-7-11-20(30)12-8-18)29(40)36(26)22-5-3-2-4-6-22/h2-16,33H,1H3,(H,35,39)/b23-16+,34-25-. The van der Waals surface area contributed by atoms with Crippen LogP contribution in [0.1, 0.15) is 22.6 Å². The zero-order valence-electron chi connectivity index (χ0n) is 21.0. The highest BCUT2D eigenvalue weighted by Crippen LogP contribution is 2.28. The van der Waals surface area contributed by atoms with Crippen molar-refractivity contribution in [1.82, 2.24) is 9.66 Å². The van der Waals surface area contributed by atoms with Crippen molar-refractivity contribution >= 4 is 52.4 Å². The SMILES string of the molecule is Cc1cc(=O)n2c(n1)/C(=N/Nc1ccc(C3=N/C(=C/c4ccc(Cl)cc4)C(=O)N3c3ccccc3)cc1)C(O)=N2. The number of aliphatic hydroxyl groups excluding tert-OH is 1. The van der Waals surface area contributed by atoms with Gasteiger partial charge in [-0.15, -0.1) is 5.10 Å². The normalized spacial score (nSPS) is 16.4. The number of nitrogens with zero attached hydrogens (tertiary/aromatic N) is 6. The van der Waals surface area contributed by atoms with Crippen molar-refractivity contribution in [3.05, 3.63) is 129 Å². The molecule has 4 aromatic rings. The second-order valence-electron chi connectivity index (χ2n) is 8.94. The third kappa shape index (κ3) is 4.67. The monoisotopic (exact) mass is 549 g/mol. The molecule has 0 saturated carbocycles. The molecule has 196 valence electrons. The smallest absolute Gasteiger partial charge is 0.282 e. The van der Waals surface area contributed by atoms with E-state index in [1.54, 1.807) is 54.3 Å². The van der Waals surface area contributed by atoms with Gasteiger partial charge in [0.25, 0.3) is 17.4 Å². The van der Waals surface area contributed by atoms with Crippen LogP contribution in [0.4, 0.5) is 11.4 Å². The van der Waals surface area contributed by atoms with Crippen molar-refractivity contribution in [3.8, 4) is 0 Å². The van der Waals surface area contributed by atoms with E-state index in [2.05, 4.69) is 25.6 Å². The molecule has 0 fully saturated rings. The topological polar surface area (TPSA) is 125 Å². The van der Waals surface area contributed by atoms with Crippen molar-refractivity contribution in [2.24, 2.45) is 15.2 Å². The number of aliphatic imine (C=N–C) groups is 1. The van der Waals surface area contributed by atoms with Gasteiger partial charge in [-0.1, -0.05) is 41.9 Å². The maximum Gasteiger partial charge on any atom is 0.282 e. The van der Waals surface area contributed by atoms with Crippen LogP contribution in [-0.4, -0.2) is 38.1 Å². The van der Waals surface area contributed by atoms with Crippen molar-refractivity contribution in [3.63, 3.8) is 0 Å². The Morgan fingerprint density at radius 3 is 2.42 bits per heavy atom. The van der Waals surface area contributed by atoms with Gasteiger partial charge in [0.05, 0.1) is 11.4 Å². The lowest BCUT2D eigenvalue weighted by Gasteiger charge is -2.18. The second kappa shape index (κ2) is 10.1. The Labute approximate surface area is 232 Å². The van der Waals surface area contributed by atoms with Gasteiger partial charge in [0.1, 0.15) is 11.5 Å². The molecule has 0 bridgehead atoms. The van der Waals surface area contributed by atoms with Crippen LogP contribution in [-0.2, 0) is 4.79 Å². The van der Waals surface area contributed by atoms with Crippen molar-refractivity contribution < 1.29 is 9.90 Å². The van der Waals surface area contributed by atoms with E-state index in [1.165, 1.54) is 6.07 Å². The third-order valence-corrected chi connectivity index (χ3v) is 6.38. The summed E-state index contributed by atoms with van der Waals surface area (Å²) in [5, 5.41) is 18.8. The van der Waals surface area contributed by atoms with Gasteiger partial charge in [-0.3, -0.25) is 19.9 Å². The number of hydrogen-bond acceptors (Lipinski definition) is 7. The Kier molecular flexibility index (Phi) is 6.29. The number of nitrogens with one attached hydrogen (secondary N) is 1. The van der Waals surface area contributed by atoms with E-state index in [1.807, 2.05) is 42.5 Å². The first kappa shape index (κ1) is 25.0. The predicted molar refractivity (Wildman–Crippen MR) is 155 cm³/mol. The van der Waals surface area contributed by atoms with Crippen molar-refractivity contribution in [2.75, 3.05) is 10.3 Å². The number of aryl methyl sites for hydroxylation is 1. The fraction of sp³-hybridized carbons (Fsp3) is 0.0345. The largest absolute Gasteiger partial charge is 0.491 e. The van der Waals surface area contributed by atoms with Crippen molar-refractivity contribution in [1.29, 1.82) is 0 Å². The highest BCUT2D eigenvalue weighted by atomic mass is 35.5. The molecular weight excluding hydrogens is 530 g/mol. The van der Waals surface area contributed by atoms with E-state index >= 15 is 0 Å². The lowest BCUT2D eigenvalue weighted by atomic mass is 10.1.